The van der Waals surface area contributed by atoms with Crippen LogP contribution in [0.4, 0.5) is 0 Å². The van der Waals surface area contributed by atoms with Gasteiger partial charge in [0, 0.05) is 5.56 Å². The fourth-order valence-corrected chi connectivity index (χ4v) is 2.79. The molecule has 19 heavy (non-hydrogen) atoms. The smallest absolute Gasteiger partial charge is 0.275 e. The molecule has 1 N–H and O–H groups in total. The minimum atomic E-state index is -0.212. The van der Waals surface area contributed by atoms with Crippen LogP contribution in [0.15, 0.2) is 44.6 Å². The monoisotopic (exact) mass is 272 g/mol. The molecule has 3 aromatic rings. The minimum Gasteiger partial charge on any atom is -0.454 e. The molecule has 5 heteroatoms. The molecule has 0 aliphatic carbocycles. The molecule has 0 saturated carbocycles. The van der Waals surface area contributed by atoms with Crippen molar-refractivity contribution in [3.05, 3.63) is 46.4 Å². The second kappa shape index (κ2) is 4.59. The lowest BCUT2D eigenvalue weighted by Crippen LogP contribution is -2.09. The van der Waals surface area contributed by atoms with Gasteiger partial charge in [-0.15, -0.1) is 0 Å². The summed E-state index contributed by atoms with van der Waals surface area (Å²) in [6, 6.07) is 9.76. The Kier molecular flexibility index (Phi) is 2.91. The number of rotatable bonds is 2. The van der Waals surface area contributed by atoms with Gasteiger partial charge in [-0.3, -0.25) is 4.79 Å². The standard InChI is InChI=1S/C14H12N2O2S/c1-8-10-11(14(18-8)19-2)12(15-16-13(10)17)9-6-4-3-5-7-9/h3-7H,1-2H3,(H,16,17). The third kappa shape index (κ3) is 1.86. The first-order valence-corrected chi connectivity index (χ1v) is 7.06. The van der Waals surface area contributed by atoms with Crippen molar-refractivity contribution in [2.45, 2.75) is 12.0 Å². The van der Waals surface area contributed by atoms with E-state index in [1.165, 1.54) is 11.8 Å². The molecule has 0 spiro atoms. The van der Waals surface area contributed by atoms with E-state index in [4.69, 9.17) is 4.42 Å². The van der Waals surface area contributed by atoms with E-state index in [0.29, 0.717) is 11.1 Å². The molecule has 0 fully saturated rings. The molecule has 2 aromatic heterocycles. The van der Waals surface area contributed by atoms with Gasteiger partial charge in [0.05, 0.1) is 10.8 Å². The van der Waals surface area contributed by atoms with E-state index >= 15 is 0 Å². The van der Waals surface area contributed by atoms with E-state index in [1.807, 2.05) is 36.6 Å². The van der Waals surface area contributed by atoms with Gasteiger partial charge < -0.3 is 4.42 Å². The fraction of sp³-hybridized carbons (Fsp3) is 0.143. The summed E-state index contributed by atoms with van der Waals surface area (Å²) in [6.07, 6.45) is 1.92. The molecule has 0 aliphatic rings. The Hall–Kier alpha value is -2.01. The van der Waals surface area contributed by atoms with Crippen molar-refractivity contribution in [3.8, 4) is 11.3 Å². The van der Waals surface area contributed by atoms with Crippen LogP contribution in [0.3, 0.4) is 0 Å². The molecule has 0 amide bonds. The first-order chi connectivity index (χ1) is 9.22. The number of furan rings is 1. The first kappa shape index (κ1) is 12.0. The van der Waals surface area contributed by atoms with Crippen molar-refractivity contribution in [3.63, 3.8) is 0 Å². The van der Waals surface area contributed by atoms with Crippen LogP contribution < -0.4 is 5.56 Å². The maximum absolute atomic E-state index is 11.9. The van der Waals surface area contributed by atoms with Crippen LogP contribution in [-0.4, -0.2) is 16.5 Å². The van der Waals surface area contributed by atoms with Crippen LogP contribution in [0.2, 0.25) is 0 Å². The molecule has 0 bridgehead atoms. The zero-order valence-corrected chi connectivity index (χ0v) is 11.4. The first-order valence-electron chi connectivity index (χ1n) is 5.83. The number of benzene rings is 1. The number of thioether (sulfide) groups is 1. The third-order valence-corrected chi connectivity index (χ3v) is 3.68. The SMILES string of the molecule is CSc1oc(C)c2c(=O)[nH]nc(-c3ccccc3)c12. The molecule has 0 radical (unpaired) electrons. The quantitative estimate of drug-likeness (QED) is 0.728. The van der Waals surface area contributed by atoms with Crippen molar-refractivity contribution >= 4 is 22.5 Å². The number of aromatic nitrogens is 2. The van der Waals surface area contributed by atoms with Gasteiger partial charge in [0.25, 0.3) is 5.56 Å². The summed E-state index contributed by atoms with van der Waals surface area (Å²) in [5.74, 6) is 0.625. The lowest BCUT2D eigenvalue weighted by Gasteiger charge is -2.02. The fourth-order valence-electron chi connectivity index (χ4n) is 2.17. The average molecular weight is 272 g/mol. The number of nitrogens with zero attached hydrogens (tertiary/aromatic N) is 1. The number of H-pyrrole nitrogens is 1. The predicted molar refractivity (Wildman–Crippen MR) is 76.6 cm³/mol. The summed E-state index contributed by atoms with van der Waals surface area (Å²) < 4.78 is 5.66. The van der Waals surface area contributed by atoms with Gasteiger partial charge in [0.1, 0.15) is 11.5 Å². The zero-order chi connectivity index (χ0) is 13.4. The Balaban J connectivity index is 2.44. The van der Waals surface area contributed by atoms with E-state index in [1.54, 1.807) is 6.92 Å². The van der Waals surface area contributed by atoms with Gasteiger partial charge in [0.2, 0.25) is 0 Å². The highest BCUT2D eigenvalue weighted by Crippen LogP contribution is 2.35. The molecule has 0 unspecified atom stereocenters. The normalized spacial score (nSPS) is 11.1. The summed E-state index contributed by atoms with van der Waals surface area (Å²) in [6.45, 7) is 1.80. The molecule has 3 rings (SSSR count). The second-order valence-corrected chi connectivity index (χ2v) is 4.95. The highest BCUT2D eigenvalue weighted by Gasteiger charge is 2.18. The van der Waals surface area contributed by atoms with E-state index in [2.05, 4.69) is 10.2 Å². The van der Waals surface area contributed by atoms with Gasteiger partial charge in [-0.1, -0.05) is 42.1 Å². The maximum atomic E-state index is 11.9. The summed E-state index contributed by atoms with van der Waals surface area (Å²) in [5, 5.41) is 8.83. The molecule has 0 saturated heterocycles. The van der Waals surface area contributed by atoms with Crippen molar-refractivity contribution in [1.82, 2.24) is 10.2 Å². The van der Waals surface area contributed by atoms with Crippen LogP contribution in [0, 0.1) is 6.92 Å². The highest BCUT2D eigenvalue weighted by atomic mass is 32.2. The van der Waals surface area contributed by atoms with Gasteiger partial charge in [-0.25, -0.2) is 5.10 Å². The van der Waals surface area contributed by atoms with Gasteiger partial charge in [-0.2, -0.15) is 5.10 Å². The molecule has 0 aliphatic heterocycles. The maximum Gasteiger partial charge on any atom is 0.275 e. The minimum absolute atomic E-state index is 0.212. The molecule has 0 atom stereocenters. The average Bonchev–Trinajstić information content (AvgIpc) is 2.78. The Bertz CT molecular complexity index is 790. The second-order valence-electron chi connectivity index (χ2n) is 4.17. The molecular weight excluding hydrogens is 260 g/mol. The number of hydrogen-bond acceptors (Lipinski definition) is 4. The van der Waals surface area contributed by atoms with Gasteiger partial charge in [-0.05, 0) is 13.2 Å². The summed E-state index contributed by atoms with van der Waals surface area (Å²) in [4.78, 5) is 11.9. The van der Waals surface area contributed by atoms with Crippen molar-refractivity contribution in [2.75, 3.05) is 6.26 Å². The molecule has 1 aromatic carbocycles. The zero-order valence-electron chi connectivity index (χ0n) is 10.6. The van der Waals surface area contributed by atoms with Crippen molar-refractivity contribution in [1.29, 1.82) is 0 Å². The van der Waals surface area contributed by atoms with Gasteiger partial charge in [0.15, 0.2) is 5.09 Å². The number of aromatic amines is 1. The summed E-state index contributed by atoms with van der Waals surface area (Å²) in [5.41, 5.74) is 1.49. The molecular formula is C14H12N2O2S. The van der Waals surface area contributed by atoms with Crippen molar-refractivity contribution < 1.29 is 4.42 Å². The van der Waals surface area contributed by atoms with Gasteiger partial charge >= 0.3 is 0 Å². The van der Waals surface area contributed by atoms with Crippen LogP contribution in [0.25, 0.3) is 22.0 Å². The Morgan fingerprint density at radius 1 is 1.21 bits per heavy atom. The van der Waals surface area contributed by atoms with E-state index in [9.17, 15) is 4.79 Å². The highest BCUT2D eigenvalue weighted by molar-refractivity contribution is 7.98. The van der Waals surface area contributed by atoms with Crippen molar-refractivity contribution in [2.24, 2.45) is 0 Å². The lowest BCUT2D eigenvalue weighted by molar-refractivity contribution is 0.456. The Morgan fingerprint density at radius 2 is 1.95 bits per heavy atom. The number of aryl methyl sites for hydroxylation is 1. The summed E-state index contributed by atoms with van der Waals surface area (Å²) in [7, 11) is 0. The number of fused-ring (bicyclic) bond motifs is 1. The molecule has 4 nitrogen and oxygen atoms in total. The number of nitrogens with one attached hydrogen (secondary N) is 1. The Morgan fingerprint density at radius 3 is 2.63 bits per heavy atom. The third-order valence-electron chi connectivity index (χ3n) is 3.02. The van der Waals surface area contributed by atoms with Crippen LogP contribution >= 0.6 is 11.8 Å². The van der Waals surface area contributed by atoms with Crippen LogP contribution in [0.5, 0.6) is 0 Å². The van der Waals surface area contributed by atoms with Crippen LogP contribution in [-0.2, 0) is 0 Å². The largest absolute Gasteiger partial charge is 0.454 e. The number of hydrogen-bond donors (Lipinski definition) is 1. The van der Waals surface area contributed by atoms with E-state index in [-0.39, 0.29) is 5.56 Å². The van der Waals surface area contributed by atoms with E-state index < -0.39 is 0 Å². The lowest BCUT2D eigenvalue weighted by atomic mass is 10.1. The summed E-state index contributed by atoms with van der Waals surface area (Å²) >= 11 is 1.48. The van der Waals surface area contributed by atoms with Crippen LogP contribution in [0.1, 0.15) is 5.76 Å². The Labute approximate surface area is 113 Å². The molecule has 96 valence electrons. The van der Waals surface area contributed by atoms with E-state index in [0.717, 1.165) is 21.7 Å². The topological polar surface area (TPSA) is 58.9 Å². The molecule has 2 heterocycles. The predicted octanol–water partition coefficient (Wildman–Crippen LogP) is 3.21.